The van der Waals surface area contributed by atoms with E-state index in [1.165, 1.54) is 32.4 Å². The number of nitrogens with one attached hydrogen (secondary N) is 1. The minimum absolute atomic E-state index is 0.0776. The summed E-state index contributed by atoms with van der Waals surface area (Å²) in [6, 6.07) is 1.41. The molecule has 2 saturated heterocycles. The average molecular weight is 226 g/mol. The molecule has 0 spiro atoms. The van der Waals surface area contributed by atoms with E-state index in [2.05, 4.69) is 31.0 Å². The summed E-state index contributed by atoms with van der Waals surface area (Å²) in [6.45, 7) is 11.2. The Labute approximate surface area is 99.5 Å². The minimum Gasteiger partial charge on any atom is -0.375 e. The highest BCUT2D eigenvalue weighted by molar-refractivity contribution is 4.86. The first-order valence-corrected chi connectivity index (χ1v) is 6.68. The van der Waals surface area contributed by atoms with Gasteiger partial charge in [-0.3, -0.25) is 4.90 Å². The van der Waals surface area contributed by atoms with Gasteiger partial charge in [-0.25, -0.2) is 0 Å². The summed E-state index contributed by atoms with van der Waals surface area (Å²) in [5.41, 5.74) is 0.0776. The predicted molar refractivity (Wildman–Crippen MR) is 66.7 cm³/mol. The molecule has 0 radical (unpaired) electrons. The van der Waals surface area contributed by atoms with Crippen molar-refractivity contribution in [1.82, 2.24) is 10.2 Å². The monoisotopic (exact) mass is 226 g/mol. The van der Waals surface area contributed by atoms with Crippen LogP contribution in [0.4, 0.5) is 0 Å². The largest absolute Gasteiger partial charge is 0.375 e. The van der Waals surface area contributed by atoms with Crippen molar-refractivity contribution in [3.05, 3.63) is 0 Å². The van der Waals surface area contributed by atoms with E-state index in [-0.39, 0.29) is 5.60 Å². The molecule has 2 rings (SSSR count). The molecular weight excluding hydrogens is 200 g/mol. The van der Waals surface area contributed by atoms with Gasteiger partial charge < -0.3 is 10.1 Å². The highest BCUT2D eigenvalue weighted by Gasteiger charge is 2.32. The molecule has 2 atom stereocenters. The van der Waals surface area contributed by atoms with E-state index in [1.807, 2.05) is 0 Å². The van der Waals surface area contributed by atoms with Crippen LogP contribution < -0.4 is 5.32 Å². The van der Waals surface area contributed by atoms with Crippen LogP contribution >= 0.6 is 0 Å². The Hall–Kier alpha value is -0.120. The van der Waals surface area contributed by atoms with Crippen molar-refractivity contribution in [2.75, 3.05) is 26.2 Å². The maximum Gasteiger partial charge on any atom is 0.0641 e. The molecule has 2 heterocycles. The second-order valence-corrected chi connectivity index (χ2v) is 5.93. The van der Waals surface area contributed by atoms with E-state index in [1.54, 1.807) is 0 Å². The quantitative estimate of drug-likeness (QED) is 0.735. The Morgan fingerprint density at radius 3 is 2.81 bits per heavy atom. The number of rotatable bonds is 1. The molecule has 94 valence electrons. The molecule has 0 aromatic rings. The van der Waals surface area contributed by atoms with Gasteiger partial charge in [0.15, 0.2) is 0 Å². The van der Waals surface area contributed by atoms with E-state index in [0.29, 0.717) is 6.04 Å². The maximum atomic E-state index is 5.80. The zero-order valence-corrected chi connectivity index (χ0v) is 11.0. The molecule has 0 saturated carbocycles. The molecule has 1 N–H and O–H groups in total. The van der Waals surface area contributed by atoms with Gasteiger partial charge in [-0.2, -0.15) is 0 Å². The van der Waals surface area contributed by atoms with Crippen molar-refractivity contribution in [2.45, 2.75) is 57.7 Å². The third kappa shape index (κ3) is 3.19. The SMILES string of the molecule is CC1CCN(C2CCOC(C)(C)C2)CCN1. The first-order valence-electron chi connectivity index (χ1n) is 6.68. The van der Waals surface area contributed by atoms with Gasteiger partial charge in [0.05, 0.1) is 5.60 Å². The highest BCUT2D eigenvalue weighted by Crippen LogP contribution is 2.27. The van der Waals surface area contributed by atoms with Crippen molar-refractivity contribution < 1.29 is 4.74 Å². The van der Waals surface area contributed by atoms with Crippen LogP contribution in [-0.4, -0.2) is 48.8 Å². The van der Waals surface area contributed by atoms with Crippen LogP contribution in [0, 0.1) is 0 Å². The van der Waals surface area contributed by atoms with E-state index in [9.17, 15) is 0 Å². The summed E-state index contributed by atoms with van der Waals surface area (Å²) < 4.78 is 5.80. The summed E-state index contributed by atoms with van der Waals surface area (Å²) in [4.78, 5) is 2.67. The Balaban J connectivity index is 1.91. The number of hydrogen-bond donors (Lipinski definition) is 1. The van der Waals surface area contributed by atoms with Gasteiger partial charge in [-0.1, -0.05) is 0 Å². The van der Waals surface area contributed by atoms with Crippen molar-refractivity contribution in [3.8, 4) is 0 Å². The number of hydrogen-bond acceptors (Lipinski definition) is 3. The number of ether oxygens (including phenoxy) is 1. The van der Waals surface area contributed by atoms with Gasteiger partial charge in [-0.05, 0) is 46.6 Å². The molecule has 2 unspecified atom stereocenters. The van der Waals surface area contributed by atoms with Crippen molar-refractivity contribution >= 4 is 0 Å². The fraction of sp³-hybridized carbons (Fsp3) is 1.00. The molecule has 2 aliphatic heterocycles. The van der Waals surface area contributed by atoms with Crippen molar-refractivity contribution in [2.24, 2.45) is 0 Å². The molecule has 2 fully saturated rings. The summed E-state index contributed by atoms with van der Waals surface area (Å²) in [7, 11) is 0. The summed E-state index contributed by atoms with van der Waals surface area (Å²) in [5, 5.41) is 3.56. The van der Waals surface area contributed by atoms with Crippen LogP contribution in [0.3, 0.4) is 0 Å². The van der Waals surface area contributed by atoms with Gasteiger partial charge in [0.1, 0.15) is 0 Å². The lowest BCUT2D eigenvalue weighted by Gasteiger charge is -2.41. The fourth-order valence-electron chi connectivity index (χ4n) is 2.90. The molecule has 3 heteroatoms. The Bertz CT molecular complexity index is 230. The fourth-order valence-corrected chi connectivity index (χ4v) is 2.90. The summed E-state index contributed by atoms with van der Waals surface area (Å²) in [5.74, 6) is 0. The number of nitrogens with zero attached hydrogens (tertiary/aromatic N) is 1. The van der Waals surface area contributed by atoms with Crippen molar-refractivity contribution in [1.29, 1.82) is 0 Å². The Morgan fingerprint density at radius 2 is 2.06 bits per heavy atom. The molecule has 16 heavy (non-hydrogen) atoms. The first kappa shape index (κ1) is 12.3. The van der Waals surface area contributed by atoms with Crippen molar-refractivity contribution in [3.63, 3.8) is 0 Å². The predicted octanol–water partition coefficient (Wildman–Crippen LogP) is 1.63. The van der Waals surface area contributed by atoms with Crippen LogP contribution in [0.1, 0.15) is 40.0 Å². The zero-order chi connectivity index (χ0) is 11.6. The van der Waals surface area contributed by atoms with Gasteiger partial charge in [0, 0.05) is 31.8 Å². The standard InChI is InChI=1S/C13H26N2O/c1-11-4-7-15(8-6-14-11)12-5-9-16-13(2,3)10-12/h11-12,14H,4-10H2,1-3H3. The average Bonchev–Trinajstić information content (AvgIpc) is 2.41. The smallest absolute Gasteiger partial charge is 0.0641 e. The normalized spacial score (nSPS) is 36.9. The van der Waals surface area contributed by atoms with Gasteiger partial charge in [0.2, 0.25) is 0 Å². The molecule has 0 amide bonds. The van der Waals surface area contributed by atoms with Crippen LogP contribution in [0.25, 0.3) is 0 Å². The van der Waals surface area contributed by atoms with Crippen LogP contribution in [-0.2, 0) is 4.74 Å². The molecule has 0 aromatic heterocycles. The Morgan fingerprint density at radius 1 is 1.25 bits per heavy atom. The van der Waals surface area contributed by atoms with Gasteiger partial charge in [0.25, 0.3) is 0 Å². The minimum atomic E-state index is 0.0776. The molecule has 3 nitrogen and oxygen atoms in total. The van der Waals surface area contributed by atoms with Crippen LogP contribution in [0.15, 0.2) is 0 Å². The topological polar surface area (TPSA) is 24.5 Å². The first-order chi connectivity index (χ1) is 7.57. The molecule has 0 bridgehead atoms. The summed E-state index contributed by atoms with van der Waals surface area (Å²) in [6.07, 6.45) is 3.66. The van der Waals surface area contributed by atoms with Gasteiger partial charge in [-0.15, -0.1) is 0 Å². The van der Waals surface area contributed by atoms with E-state index < -0.39 is 0 Å². The zero-order valence-electron chi connectivity index (χ0n) is 11.0. The lowest BCUT2D eigenvalue weighted by atomic mass is 9.92. The lowest BCUT2D eigenvalue weighted by Crippen LogP contribution is -2.47. The van der Waals surface area contributed by atoms with E-state index in [4.69, 9.17) is 4.74 Å². The molecular formula is C13H26N2O. The second kappa shape index (κ2) is 5.03. The molecule has 2 aliphatic rings. The molecule has 0 aliphatic carbocycles. The van der Waals surface area contributed by atoms with E-state index >= 15 is 0 Å². The van der Waals surface area contributed by atoms with Crippen LogP contribution in [0.2, 0.25) is 0 Å². The van der Waals surface area contributed by atoms with E-state index in [0.717, 1.165) is 19.2 Å². The third-order valence-corrected chi connectivity index (χ3v) is 3.93. The third-order valence-electron chi connectivity index (χ3n) is 3.93. The second-order valence-electron chi connectivity index (χ2n) is 5.93. The Kier molecular flexibility index (Phi) is 3.88. The molecule has 0 aromatic carbocycles. The van der Waals surface area contributed by atoms with Gasteiger partial charge >= 0.3 is 0 Å². The summed E-state index contributed by atoms with van der Waals surface area (Å²) >= 11 is 0. The maximum absolute atomic E-state index is 5.80. The van der Waals surface area contributed by atoms with Crippen LogP contribution in [0.5, 0.6) is 0 Å². The lowest BCUT2D eigenvalue weighted by molar-refractivity contribution is -0.0824. The highest BCUT2D eigenvalue weighted by atomic mass is 16.5.